The molecule has 3 nitrogen and oxygen atoms in total. The molecular weight excluding hydrogens is 397 g/mol. The summed E-state index contributed by atoms with van der Waals surface area (Å²) in [7, 11) is 0. The molecule has 0 aliphatic rings. The molecular formula is C16H13ClIN3. The van der Waals surface area contributed by atoms with E-state index in [0.29, 0.717) is 11.6 Å². The van der Waals surface area contributed by atoms with Crippen molar-refractivity contribution in [2.24, 2.45) is 5.73 Å². The minimum Gasteiger partial charge on any atom is -0.325 e. The molecule has 0 atom stereocenters. The number of rotatable bonds is 2. The molecule has 106 valence electrons. The predicted octanol–water partition coefficient (Wildman–Crippen LogP) is 4.32. The average Bonchev–Trinajstić information content (AvgIpc) is 2.46. The zero-order valence-corrected chi connectivity index (χ0v) is 14.3. The van der Waals surface area contributed by atoms with Crippen LogP contribution in [-0.4, -0.2) is 9.97 Å². The molecule has 0 unspecified atom stereocenters. The van der Waals surface area contributed by atoms with Crippen molar-refractivity contribution < 1.29 is 0 Å². The molecule has 1 heterocycles. The van der Waals surface area contributed by atoms with Crippen LogP contribution in [0, 0.1) is 10.5 Å². The molecule has 0 saturated heterocycles. The van der Waals surface area contributed by atoms with Gasteiger partial charge in [-0.05, 0) is 53.3 Å². The van der Waals surface area contributed by atoms with Crippen molar-refractivity contribution in [3.05, 3.63) is 56.2 Å². The normalized spacial score (nSPS) is 11.0. The highest BCUT2D eigenvalue weighted by atomic mass is 127. The van der Waals surface area contributed by atoms with Crippen molar-refractivity contribution >= 4 is 45.2 Å². The van der Waals surface area contributed by atoms with Crippen LogP contribution in [0.25, 0.3) is 22.3 Å². The van der Waals surface area contributed by atoms with Gasteiger partial charge in [0, 0.05) is 15.7 Å². The lowest BCUT2D eigenvalue weighted by molar-refractivity contribution is 0.991. The van der Waals surface area contributed by atoms with E-state index in [1.54, 1.807) is 0 Å². The second-order valence-electron chi connectivity index (χ2n) is 4.82. The molecule has 3 rings (SSSR count). The minimum atomic E-state index is 0.327. The molecule has 21 heavy (non-hydrogen) atoms. The van der Waals surface area contributed by atoms with E-state index in [1.165, 1.54) is 0 Å². The van der Waals surface area contributed by atoms with Crippen molar-refractivity contribution in [1.29, 1.82) is 0 Å². The Kier molecular flexibility index (Phi) is 4.10. The Labute approximate surface area is 141 Å². The van der Waals surface area contributed by atoms with Crippen LogP contribution in [-0.2, 0) is 6.54 Å². The average molecular weight is 410 g/mol. The number of aromatic nitrogens is 2. The monoisotopic (exact) mass is 409 g/mol. The summed E-state index contributed by atoms with van der Waals surface area (Å²) in [4.78, 5) is 9.47. The first-order valence-electron chi connectivity index (χ1n) is 6.52. The van der Waals surface area contributed by atoms with Crippen molar-refractivity contribution in [1.82, 2.24) is 9.97 Å². The van der Waals surface area contributed by atoms with Gasteiger partial charge in [-0.15, -0.1) is 0 Å². The first-order valence-corrected chi connectivity index (χ1v) is 7.97. The van der Waals surface area contributed by atoms with E-state index in [2.05, 4.69) is 35.6 Å². The van der Waals surface area contributed by atoms with Crippen molar-refractivity contribution in [3.63, 3.8) is 0 Å². The van der Waals surface area contributed by atoms with Crippen LogP contribution in [0.5, 0.6) is 0 Å². The van der Waals surface area contributed by atoms with Gasteiger partial charge in [0.05, 0.1) is 21.9 Å². The van der Waals surface area contributed by atoms with E-state index >= 15 is 0 Å². The number of hydrogen-bond acceptors (Lipinski definition) is 3. The molecule has 2 aromatic carbocycles. The van der Waals surface area contributed by atoms with Crippen LogP contribution in [0.1, 0.15) is 11.3 Å². The van der Waals surface area contributed by atoms with E-state index < -0.39 is 0 Å². The zero-order valence-electron chi connectivity index (χ0n) is 11.4. The highest BCUT2D eigenvalue weighted by molar-refractivity contribution is 14.1. The summed E-state index contributed by atoms with van der Waals surface area (Å²) in [6.07, 6.45) is 0. The maximum Gasteiger partial charge on any atom is 0.102 e. The van der Waals surface area contributed by atoms with Gasteiger partial charge in [-0.3, -0.25) is 0 Å². The fourth-order valence-corrected chi connectivity index (χ4v) is 3.41. The Morgan fingerprint density at radius 3 is 2.67 bits per heavy atom. The Morgan fingerprint density at radius 1 is 1.19 bits per heavy atom. The highest BCUT2D eigenvalue weighted by Crippen LogP contribution is 2.30. The lowest BCUT2D eigenvalue weighted by Gasteiger charge is -2.11. The van der Waals surface area contributed by atoms with Crippen LogP contribution in [0.4, 0.5) is 0 Å². The summed E-state index contributed by atoms with van der Waals surface area (Å²) in [5.41, 5.74) is 11.2. The molecule has 5 heteroatoms. The summed E-state index contributed by atoms with van der Waals surface area (Å²) in [6, 6.07) is 11.8. The second kappa shape index (κ2) is 5.87. The number of halogens is 2. The number of fused-ring (bicyclic) bond motifs is 1. The molecule has 0 amide bonds. The number of nitrogens with zero attached hydrogens (tertiary/aromatic N) is 2. The number of hydrogen-bond donors (Lipinski definition) is 1. The molecule has 0 spiro atoms. The van der Waals surface area contributed by atoms with Gasteiger partial charge in [0.25, 0.3) is 0 Å². The summed E-state index contributed by atoms with van der Waals surface area (Å²) in [6.45, 7) is 2.38. The summed E-state index contributed by atoms with van der Waals surface area (Å²) in [5.74, 6) is 0. The Balaban J connectivity index is 2.35. The molecule has 0 saturated carbocycles. The highest BCUT2D eigenvalue weighted by Gasteiger charge is 2.14. The van der Waals surface area contributed by atoms with E-state index in [1.807, 2.05) is 30.3 Å². The molecule has 2 N–H and O–H groups in total. The maximum atomic E-state index is 6.29. The summed E-state index contributed by atoms with van der Waals surface area (Å²) < 4.78 is 1.08. The Bertz CT molecular complexity index is 833. The van der Waals surface area contributed by atoms with E-state index in [4.69, 9.17) is 27.3 Å². The lowest BCUT2D eigenvalue weighted by Crippen LogP contribution is -2.06. The third-order valence-electron chi connectivity index (χ3n) is 3.26. The van der Waals surface area contributed by atoms with Gasteiger partial charge in [-0.2, -0.15) is 0 Å². The van der Waals surface area contributed by atoms with E-state index in [0.717, 1.165) is 37.1 Å². The zero-order chi connectivity index (χ0) is 15.0. The molecule has 1 aromatic heterocycles. The van der Waals surface area contributed by atoms with Gasteiger partial charge >= 0.3 is 0 Å². The van der Waals surface area contributed by atoms with E-state index in [9.17, 15) is 0 Å². The van der Waals surface area contributed by atoms with Crippen LogP contribution in [0.3, 0.4) is 0 Å². The second-order valence-corrected chi connectivity index (χ2v) is 6.39. The SMILES string of the molecule is Cc1cc(I)c2nc(CN)c(-c3ccccc3Cl)nc2c1. The third kappa shape index (κ3) is 2.75. The first kappa shape index (κ1) is 14.7. The van der Waals surface area contributed by atoms with Gasteiger partial charge in [0.2, 0.25) is 0 Å². The minimum absolute atomic E-state index is 0.327. The molecule has 0 aliphatic carbocycles. The standard InChI is InChI=1S/C16H13ClIN3/c1-9-6-12(18)16-13(7-9)20-15(14(8-19)21-16)10-4-2-3-5-11(10)17/h2-7H,8,19H2,1H3. The van der Waals surface area contributed by atoms with Crippen LogP contribution in [0.2, 0.25) is 5.02 Å². The predicted molar refractivity (Wildman–Crippen MR) is 95.3 cm³/mol. The largest absolute Gasteiger partial charge is 0.325 e. The first-order chi connectivity index (χ1) is 10.1. The number of nitrogens with two attached hydrogens (primary N) is 1. The number of benzene rings is 2. The van der Waals surface area contributed by atoms with Crippen molar-refractivity contribution in [3.8, 4) is 11.3 Å². The fraction of sp³-hybridized carbons (Fsp3) is 0.125. The smallest absolute Gasteiger partial charge is 0.102 e. The Hall–Kier alpha value is -1.24. The molecule has 3 aromatic rings. The molecule has 0 radical (unpaired) electrons. The van der Waals surface area contributed by atoms with Gasteiger partial charge in [-0.25, -0.2) is 9.97 Å². The number of aryl methyl sites for hydroxylation is 1. The topological polar surface area (TPSA) is 51.8 Å². The van der Waals surface area contributed by atoms with Gasteiger partial charge in [0.15, 0.2) is 0 Å². The van der Waals surface area contributed by atoms with Crippen LogP contribution < -0.4 is 5.73 Å². The molecule has 0 aliphatic heterocycles. The van der Waals surface area contributed by atoms with Crippen LogP contribution >= 0.6 is 34.2 Å². The van der Waals surface area contributed by atoms with Crippen molar-refractivity contribution in [2.75, 3.05) is 0 Å². The van der Waals surface area contributed by atoms with Crippen molar-refractivity contribution in [2.45, 2.75) is 13.5 Å². The molecule has 0 fully saturated rings. The van der Waals surface area contributed by atoms with E-state index in [-0.39, 0.29) is 0 Å². The van der Waals surface area contributed by atoms with Crippen LogP contribution in [0.15, 0.2) is 36.4 Å². The van der Waals surface area contributed by atoms with Gasteiger partial charge in [-0.1, -0.05) is 29.8 Å². The summed E-state index contributed by atoms with van der Waals surface area (Å²) >= 11 is 8.57. The maximum absolute atomic E-state index is 6.29. The van der Waals surface area contributed by atoms with Gasteiger partial charge in [0.1, 0.15) is 5.52 Å². The molecule has 0 bridgehead atoms. The Morgan fingerprint density at radius 2 is 1.95 bits per heavy atom. The van der Waals surface area contributed by atoms with Gasteiger partial charge < -0.3 is 5.73 Å². The lowest BCUT2D eigenvalue weighted by atomic mass is 10.1. The quantitative estimate of drug-likeness (QED) is 0.641. The third-order valence-corrected chi connectivity index (χ3v) is 4.41. The fourth-order valence-electron chi connectivity index (χ4n) is 2.30. The summed E-state index contributed by atoms with van der Waals surface area (Å²) in [5, 5.41) is 0.656.